The molecule has 132 valence electrons. The minimum atomic E-state index is -3.72. The molecule has 0 radical (unpaired) electrons. The number of aromatic nitrogens is 2. The van der Waals surface area contributed by atoms with Crippen molar-refractivity contribution in [1.82, 2.24) is 19.4 Å². The minimum Gasteiger partial charge on any atom is -0.341 e. The summed E-state index contributed by atoms with van der Waals surface area (Å²) in [5, 5.41) is 3.82. The number of likely N-dealkylation sites (tertiary alicyclic amines) is 1. The normalized spacial score (nSPS) is 20.9. The smallest absolute Gasteiger partial charge is 0.244 e. The van der Waals surface area contributed by atoms with Crippen molar-refractivity contribution in [2.24, 2.45) is 18.2 Å². The van der Waals surface area contributed by atoms with E-state index in [1.54, 1.807) is 11.9 Å². The number of rotatable bonds is 4. The lowest BCUT2D eigenvalue weighted by atomic mass is 9.80. The number of amides is 1. The van der Waals surface area contributed by atoms with Gasteiger partial charge in [-0.25, -0.2) is 13.1 Å². The van der Waals surface area contributed by atoms with Gasteiger partial charge in [-0.2, -0.15) is 5.10 Å². The Hall–Kier alpha value is -1.16. The number of hydrogen-bond acceptors (Lipinski definition) is 5. The van der Waals surface area contributed by atoms with Crippen LogP contribution in [-0.4, -0.2) is 54.7 Å². The Morgan fingerprint density at radius 3 is 2.70 bits per heavy atom. The van der Waals surface area contributed by atoms with E-state index in [1.165, 1.54) is 17.1 Å². The molecule has 1 aromatic rings. The molecule has 0 spiro atoms. The fourth-order valence-electron chi connectivity index (χ4n) is 2.48. The van der Waals surface area contributed by atoms with Crippen molar-refractivity contribution >= 4 is 28.3 Å². The second-order valence-corrected chi connectivity index (χ2v) is 8.14. The fraction of sp³-hybridized carbons (Fsp3) is 0.692. The molecule has 0 saturated carbocycles. The molecule has 1 aromatic heterocycles. The predicted molar refractivity (Wildman–Crippen MR) is 88.6 cm³/mol. The Morgan fingerprint density at radius 2 is 2.17 bits per heavy atom. The zero-order valence-electron chi connectivity index (χ0n) is 13.5. The molecule has 1 aliphatic heterocycles. The third kappa shape index (κ3) is 4.66. The summed E-state index contributed by atoms with van der Waals surface area (Å²) in [5.41, 5.74) is 5.87. The molecular weight excluding hydrogens is 342 g/mol. The highest BCUT2D eigenvalue weighted by molar-refractivity contribution is 7.89. The van der Waals surface area contributed by atoms with Crippen LogP contribution in [0.25, 0.3) is 0 Å². The lowest BCUT2D eigenvalue weighted by molar-refractivity contribution is -0.133. The van der Waals surface area contributed by atoms with Gasteiger partial charge in [0.05, 0.1) is 12.7 Å². The van der Waals surface area contributed by atoms with Gasteiger partial charge in [0, 0.05) is 32.4 Å². The second kappa shape index (κ2) is 7.16. The van der Waals surface area contributed by atoms with Gasteiger partial charge in [-0.15, -0.1) is 12.4 Å². The van der Waals surface area contributed by atoms with Crippen LogP contribution in [0.5, 0.6) is 0 Å². The van der Waals surface area contributed by atoms with E-state index in [0.29, 0.717) is 19.5 Å². The number of halogens is 1. The zero-order valence-corrected chi connectivity index (χ0v) is 15.2. The summed E-state index contributed by atoms with van der Waals surface area (Å²) < 4.78 is 27.8. The Labute approximate surface area is 142 Å². The molecule has 1 aliphatic rings. The topological polar surface area (TPSA) is 110 Å². The lowest BCUT2D eigenvalue weighted by Gasteiger charge is -2.42. The first kappa shape index (κ1) is 19.9. The fourth-order valence-corrected chi connectivity index (χ4v) is 3.43. The number of nitrogens with one attached hydrogen (secondary N) is 1. The van der Waals surface area contributed by atoms with E-state index in [9.17, 15) is 13.2 Å². The second-order valence-electron chi connectivity index (χ2n) is 6.37. The number of carbonyl (C=O) groups excluding carboxylic acids is 1. The monoisotopic (exact) mass is 365 g/mol. The molecule has 1 atom stereocenters. The first-order chi connectivity index (χ1) is 10.1. The van der Waals surface area contributed by atoms with Crippen molar-refractivity contribution in [2.75, 3.05) is 19.6 Å². The van der Waals surface area contributed by atoms with Crippen molar-refractivity contribution in [3.63, 3.8) is 0 Å². The SMILES string of the molecule is Cl.Cn1cc(S(=O)(=O)NCC(=O)N2CCC(N)C(C)(C)C2)cn1. The van der Waals surface area contributed by atoms with Gasteiger partial charge in [0.1, 0.15) is 4.90 Å². The van der Waals surface area contributed by atoms with E-state index in [2.05, 4.69) is 9.82 Å². The van der Waals surface area contributed by atoms with Gasteiger partial charge in [-0.05, 0) is 11.8 Å². The van der Waals surface area contributed by atoms with Crippen LogP contribution >= 0.6 is 12.4 Å². The number of sulfonamides is 1. The average molecular weight is 366 g/mol. The number of aryl methyl sites for hydroxylation is 1. The Morgan fingerprint density at radius 1 is 1.52 bits per heavy atom. The zero-order chi connectivity index (χ0) is 16.5. The molecule has 0 aromatic carbocycles. The molecule has 0 bridgehead atoms. The molecule has 10 heteroatoms. The Kier molecular flexibility index (Phi) is 6.19. The van der Waals surface area contributed by atoms with Gasteiger partial charge < -0.3 is 10.6 Å². The van der Waals surface area contributed by atoms with Gasteiger partial charge in [0.25, 0.3) is 0 Å². The lowest BCUT2D eigenvalue weighted by Crippen LogP contribution is -2.55. The van der Waals surface area contributed by atoms with E-state index in [1.807, 2.05) is 13.8 Å². The van der Waals surface area contributed by atoms with E-state index < -0.39 is 10.0 Å². The highest BCUT2D eigenvalue weighted by atomic mass is 35.5. The summed E-state index contributed by atoms with van der Waals surface area (Å²) in [6.07, 6.45) is 3.35. The van der Waals surface area contributed by atoms with Gasteiger partial charge >= 0.3 is 0 Å². The quantitative estimate of drug-likeness (QED) is 0.761. The van der Waals surface area contributed by atoms with Crippen LogP contribution in [0.15, 0.2) is 17.3 Å². The van der Waals surface area contributed by atoms with Crippen LogP contribution in [0, 0.1) is 5.41 Å². The summed E-state index contributed by atoms with van der Waals surface area (Å²) in [6, 6.07) is 0.0450. The molecule has 23 heavy (non-hydrogen) atoms. The number of piperidine rings is 1. The van der Waals surface area contributed by atoms with Crippen molar-refractivity contribution in [3.05, 3.63) is 12.4 Å². The van der Waals surface area contributed by atoms with E-state index in [0.717, 1.165) is 0 Å². The molecule has 8 nitrogen and oxygen atoms in total. The summed E-state index contributed by atoms with van der Waals surface area (Å²) >= 11 is 0. The van der Waals surface area contributed by atoms with Gasteiger partial charge in [-0.1, -0.05) is 13.8 Å². The molecule has 2 heterocycles. The van der Waals surface area contributed by atoms with E-state index in [-0.39, 0.29) is 41.2 Å². The van der Waals surface area contributed by atoms with Crippen molar-refractivity contribution in [1.29, 1.82) is 0 Å². The summed E-state index contributed by atoms with van der Waals surface area (Å²) in [6.45, 7) is 4.84. The third-order valence-electron chi connectivity index (χ3n) is 4.07. The maximum atomic E-state index is 12.2. The molecule has 1 fully saturated rings. The van der Waals surface area contributed by atoms with Gasteiger partial charge in [-0.3, -0.25) is 9.48 Å². The van der Waals surface area contributed by atoms with Crippen molar-refractivity contribution in [3.8, 4) is 0 Å². The first-order valence-electron chi connectivity index (χ1n) is 7.13. The van der Waals surface area contributed by atoms with Crippen LogP contribution in [0.2, 0.25) is 0 Å². The van der Waals surface area contributed by atoms with Crippen LogP contribution in [0.4, 0.5) is 0 Å². The summed E-state index contributed by atoms with van der Waals surface area (Å²) in [5.74, 6) is -0.243. The number of nitrogens with two attached hydrogens (primary N) is 1. The van der Waals surface area contributed by atoms with Crippen LogP contribution < -0.4 is 10.5 Å². The van der Waals surface area contributed by atoms with Crippen molar-refractivity contribution in [2.45, 2.75) is 31.2 Å². The predicted octanol–water partition coefficient (Wildman–Crippen LogP) is -0.294. The van der Waals surface area contributed by atoms with Crippen LogP contribution in [0.1, 0.15) is 20.3 Å². The van der Waals surface area contributed by atoms with Crippen LogP contribution in [-0.2, 0) is 21.9 Å². The summed E-state index contributed by atoms with van der Waals surface area (Å²) in [7, 11) is -2.09. The Balaban J connectivity index is 0.00000264. The molecule has 1 amide bonds. The van der Waals surface area contributed by atoms with E-state index in [4.69, 9.17) is 5.73 Å². The Bertz CT molecular complexity index is 658. The molecule has 0 aliphatic carbocycles. The largest absolute Gasteiger partial charge is 0.341 e. The molecule has 2 rings (SSSR count). The maximum absolute atomic E-state index is 12.2. The maximum Gasteiger partial charge on any atom is 0.244 e. The van der Waals surface area contributed by atoms with Gasteiger partial charge in [0.2, 0.25) is 15.9 Å². The van der Waals surface area contributed by atoms with Crippen LogP contribution in [0.3, 0.4) is 0 Å². The summed E-state index contributed by atoms with van der Waals surface area (Å²) in [4.78, 5) is 13.9. The standard InChI is InChI=1S/C13H23N5O3S.ClH/c1-13(2)9-18(5-4-11(13)14)12(19)7-16-22(20,21)10-6-15-17(3)8-10;/h6,8,11,16H,4-5,7,9,14H2,1-3H3;1H. The molecule has 1 unspecified atom stereocenters. The minimum absolute atomic E-state index is 0. The molecule has 3 N–H and O–H groups in total. The molecule has 1 saturated heterocycles. The molecular formula is C13H24ClN5O3S. The number of nitrogens with zero attached hydrogens (tertiary/aromatic N) is 3. The number of hydrogen-bond donors (Lipinski definition) is 2. The van der Waals surface area contributed by atoms with E-state index >= 15 is 0 Å². The van der Waals surface area contributed by atoms with Gasteiger partial charge in [0.15, 0.2) is 0 Å². The highest BCUT2D eigenvalue weighted by Gasteiger charge is 2.35. The first-order valence-corrected chi connectivity index (χ1v) is 8.62. The highest BCUT2D eigenvalue weighted by Crippen LogP contribution is 2.27. The average Bonchev–Trinajstić information content (AvgIpc) is 2.86. The van der Waals surface area contributed by atoms with Crippen molar-refractivity contribution < 1.29 is 13.2 Å². The number of carbonyl (C=O) groups is 1. The third-order valence-corrected chi connectivity index (χ3v) is 5.43.